The summed E-state index contributed by atoms with van der Waals surface area (Å²) in [5.41, 5.74) is 0.666. The average molecular weight is 401 g/mol. The molecule has 28 heavy (non-hydrogen) atoms. The van der Waals surface area contributed by atoms with Gasteiger partial charge in [-0.3, -0.25) is 4.79 Å². The number of amides is 1. The summed E-state index contributed by atoms with van der Waals surface area (Å²) >= 11 is 5.88. The molecule has 0 aliphatic carbocycles. The van der Waals surface area contributed by atoms with Gasteiger partial charge in [-0.05, 0) is 55.2 Å². The van der Waals surface area contributed by atoms with E-state index in [9.17, 15) is 4.79 Å². The molecule has 3 heterocycles. The summed E-state index contributed by atoms with van der Waals surface area (Å²) in [5, 5.41) is 15.8. The van der Waals surface area contributed by atoms with Gasteiger partial charge in [0.1, 0.15) is 17.9 Å². The minimum Gasteiger partial charge on any atom is -0.493 e. The lowest BCUT2D eigenvalue weighted by Crippen LogP contribution is -2.42. The molecule has 2 aromatic heterocycles. The summed E-state index contributed by atoms with van der Waals surface area (Å²) in [6, 6.07) is 11.0. The SMILES string of the molecule is O=C(CNc1ccc2nncn2n1)N1CCC(COc2ccc(Cl)cc2)CC1. The number of carbonyl (C=O) groups is 1. The molecule has 9 heteroatoms. The van der Waals surface area contributed by atoms with Crippen LogP contribution in [0.15, 0.2) is 42.7 Å². The molecule has 1 amide bonds. The highest BCUT2D eigenvalue weighted by Gasteiger charge is 2.23. The molecule has 1 fully saturated rings. The molecule has 1 aromatic carbocycles. The van der Waals surface area contributed by atoms with Crippen molar-refractivity contribution in [3.8, 4) is 5.75 Å². The van der Waals surface area contributed by atoms with E-state index in [1.807, 2.05) is 29.2 Å². The number of carbonyl (C=O) groups excluding carboxylic acids is 1. The summed E-state index contributed by atoms with van der Waals surface area (Å²) in [5.74, 6) is 1.96. The molecule has 1 saturated heterocycles. The first-order valence-electron chi connectivity index (χ1n) is 9.24. The van der Waals surface area contributed by atoms with Crippen LogP contribution in [0.4, 0.5) is 5.82 Å². The summed E-state index contributed by atoms with van der Waals surface area (Å²) in [6.07, 6.45) is 3.40. The maximum absolute atomic E-state index is 12.5. The van der Waals surface area contributed by atoms with Crippen molar-refractivity contribution < 1.29 is 9.53 Å². The van der Waals surface area contributed by atoms with Crippen LogP contribution in [0, 0.1) is 5.92 Å². The van der Waals surface area contributed by atoms with Gasteiger partial charge in [0.25, 0.3) is 0 Å². The fourth-order valence-corrected chi connectivity index (χ4v) is 3.32. The third-order valence-electron chi connectivity index (χ3n) is 4.85. The van der Waals surface area contributed by atoms with E-state index >= 15 is 0 Å². The van der Waals surface area contributed by atoms with Crippen LogP contribution in [0.3, 0.4) is 0 Å². The van der Waals surface area contributed by atoms with Gasteiger partial charge >= 0.3 is 0 Å². The smallest absolute Gasteiger partial charge is 0.241 e. The van der Waals surface area contributed by atoms with Gasteiger partial charge < -0.3 is 15.0 Å². The van der Waals surface area contributed by atoms with Crippen LogP contribution < -0.4 is 10.1 Å². The number of piperidine rings is 1. The lowest BCUT2D eigenvalue weighted by atomic mass is 9.98. The number of aromatic nitrogens is 4. The molecule has 1 N–H and O–H groups in total. The first-order chi connectivity index (χ1) is 13.7. The van der Waals surface area contributed by atoms with Crippen molar-refractivity contribution in [3.63, 3.8) is 0 Å². The molecule has 0 radical (unpaired) electrons. The van der Waals surface area contributed by atoms with Gasteiger partial charge in [-0.1, -0.05) is 11.6 Å². The van der Waals surface area contributed by atoms with Crippen molar-refractivity contribution in [2.24, 2.45) is 5.92 Å². The van der Waals surface area contributed by atoms with Crippen molar-refractivity contribution >= 4 is 29.0 Å². The number of nitrogens with zero attached hydrogens (tertiary/aromatic N) is 5. The Balaban J connectivity index is 1.20. The Kier molecular flexibility index (Phi) is 5.57. The number of halogens is 1. The quantitative estimate of drug-likeness (QED) is 0.684. The van der Waals surface area contributed by atoms with Gasteiger partial charge in [0, 0.05) is 18.1 Å². The highest BCUT2D eigenvalue weighted by Crippen LogP contribution is 2.21. The van der Waals surface area contributed by atoms with Crippen LogP contribution in [0.1, 0.15) is 12.8 Å². The molecule has 4 rings (SSSR count). The molecule has 8 nitrogen and oxygen atoms in total. The summed E-state index contributed by atoms with van der Waals surface area (Å²) in [7, 11) is 0. The molecule has 1 aliphatic heterocycles. The molecule has 0 bridgehead atoms. The number of likely N-dealkylation sites (tertiary alicyclic amines) is 1. The number of fused-ring (bicyclic) bond motifs is 1. The molecule has 0 saturated carbocycles. The molecular formula is C19H21ClN6O2. The van der Waals surface area contributed by atoms with Crippen LogP contribution in [0.2, 0.25) is 5.02 Å². The number of anilines is 1. The van der Waals surface area contributed by atoms with E-state index in [-0.39, 0.29) is 12.5 Å². The van der Waals surface area contributed by atoms with Crippen LogP contribution in [-0.2, 0) is 4.79 Å². The predicted molar refractivity (Wildman–Crippen MR) is 106 cm³/mol. The monoisotopic (exact) mass is 400 g/mol. The average Bonchev–Trinajstić information content (AvgIpc) is 3.20. The van der Waals surface area contributed by atoms with Crippen molar-refractivity contribution in [2.45, 2.75) is 12.8 Å². The van der Waals surface area contributed by atoms with Crippen molar-refractivity contribution in [1.82, 2.24) is 24.7 Å². The van der Waals surface area contributed by atoms with Gasteiger partial charge in [0.2, 0.25) is 5.91 Å². The molecule has 0 spiro atoms. The highest BCUT2D eigenvalue weighted by molar-refractivity contribution is 6.30. The maximum atomic E-state index is 12.5. The van der Waals surface area contributed by atoms with Crippen LogP contribution in [0.25, 0.3) is 5.65 Å². The Hall–Kier alpha value is -2.87. The predicted octanol–water partition coefficient (Wildman–Crippen LogP) is 2.51. The summed E-state index contributed by atoms with van der Waals surface area (Å²) < 4.78 is 7.40. The fourth-order valence-electron chi connectivity index (χ4n) is 3.19. The minimum absolute atomic E-state index is 0.0720. The zero-order valence-corrected chi connectivity index (χ0v) is 16.0. The van der Waals surface area contributed by atoms with Gasteiger partial charge in [-0.25, -0.2) is 0 Å². The van der Waals surface area contributed by atoms with Crippen LogP contribution >= 0.6 is 11.6 Å². The van der Waals surface area contributed by atoms with Gasteiger partial charge in [0.05, 0.1) is 13.2 Å². The summed E-state index contributed by atoms with van der Waals surface area (Å²) in [4.78, 5) is 14.4. The van der Waals surface area contributed by atoms with E-state index in [1.54, 1.807) is 16.6 Å². The summed E-state index contributed by atoms with van der Waals surface area (Å²) in [6.45, 7) is 2.36. The third-order valence-corrected chi connectivity index (χ3v) is 5.10. The number of rotatable bonds is 6. The van der Waals surface area contributed by atoms with Crippen LogP contribution in [-0.4, -0.2) is 56.9 Å². The van der Waals surface area contributed by atoms with E-state index in [0.717, 1.165) is 31.7 Å². The molecule has 146 valence electrons. The van der Waals surface area contributed by atoms with E-state index < -0.39 is 0 Å². The lowest BCUT2D eigenvalue weighted by molar-refractivity contribution is -0.130. The third kappa shape index (κ3) is 4.51. The maximum Gasteiger partial charge on any atom is 0.241 e. The number of nitrogens with one attached hydrogen (secondary N) is 1. The van der Waals surface area contributed by atoms with Gasteiger partial charge in [0.15, 0.2) is 5.65 Å². The van der Waals surface area contributed by atoms with Gasteiger partial charge in [-0.2, -0.15) is 4.52 Å². The number of hydrogen-bond acceptors (Lipinski definition) is 6. The highest BCUT2D eigenvalue weighted by atomic mass is 35.5. The largest absolute Gasteiger partial charge is 0.493 e. The molecule has 0 atom stereocenters. The standard InChI is InChI=1S/C19H21ClN6O2/c20-15-1-3-16(4-2-15)28-12-14-7-9-25(10-8-14)19(27)11-21-17-5-6-18-23-22-13-26(18)24-17/h1-6,13-14H,7-12H2,(H,21,24). The van der Waals surface area contributed by atoms with Gasteiger partial charge in [-0.15, -0.1) is 15.3 Å². The first kappa shape index (κ1) is 18.5. The lowest BCUT2D eigenvalue weighted by Gasteiger charge is -2.32. The van der Waals surface area contributed by atoms with Crippen molar-refractivity contribution in [1.29, 1.82) is 0 Å². The number of ether oxygens (including phenoxy) is 1. The first-order valence-corrected chi connectivity index (χ1v) is 9.62. The second-order valence-corrected chi connectivity index (χ2v) is 7.23. The second-order valence-electron chi connectivity index (χ2n) is 6.79. The van der Waals surface area contributed by atoms with E-state index in [2.05, 4.69) is 20.6 Å². The van der Waals surface area contributed by atoms with Crippen LogP contribution in [0.5, 0.6) is 5.75 Å². The van der Waals surface area contributed by atoms with E-state index in [0.29, 0.717) is 29.0 Å². The Morgan fingerprint density at radius 3 is 2.75 bits per heavy atom. The molecule has 3 aromatic rings. The molecular weight excluding hydrogens is 380 g/mol. The zero-order valence-electron chi connectivity index (χ0n) is 15.3. The number of benzene rings is 1. The second kappa shape index (κ2) is 8.43. The fraction of sp³-hybridized carbons (Fsp3) is 0.368. The van der Waals surface area contributed by atoms with E-state index in [1.165, 1.54) is 6.33 Å². The molecule has 1 aliphatic rings. The zero-order chi connectivity index (χ0) is 19.3. The Labute approximate surface area is 167 Å². The Morgan fingerprint density at radius 2 is 1.96 bits per heavy atom. The van der Waals surface area contributed by atoms with Crippen molar-refractivity contribution in [2.75, 3.05) is 31.6 Å². The normalized spacial score (nSPS) is 15.0. The molecule has 0 unspecified atom stereocenters. The minimum atomic E-state index is 0.0720. The topological polar surface area (TPSA) is 84.7 Å². The van der Waals surface area contributed by atoms with Crippen molar-refractivity contribution in [3.05, 3.63) is 47.7 Å². The van der Waals surface area contributed by atoms with E-state index in [4.69, 9.17) is 16.3 Å². The Morgan fingerprint density at radius 1 is 1.18 bits per heavy atom. The number of hydrogen-bond donors (Lipinski definition) is 1. The Bertz CT molecular complexity index is 937.